The number of aryl methyl sites for hydroxylation is 2. The van der Waals surface area contributed by atoms with Crippen LogP contribution in [-0.2, 0) is 13.0 Å². The van der Waals surface area contributed by atoms with Crippen molar-refractivity contribution in [2.75, 3.05) is 0 Å². The van der Waals surface area contributed by atoms with E-state index in [1.165, 1.54) is 0 Å². The minimum atomic E-state index is -0.949. The normalized spacial score (nSPS) is 10.4. The zero-order valence-corrected chi connectivity index (χ0v) is 8.66. The van der Waals surface area contributed by atoms with Gasteiger partial charge in [-0.25, -0.2) is 4.79 Å². The molecule has 1 rings (SSSR count). The van der Waals surface area contributed by atoms with Crippen molar-refractivity contribution in [3.8, 4) is 0 Å². The number of carbonyl (C=O) groups is 1. The first kappa shape index (κ1) is 10.8. The Labute approximate surface area is 83.5 Å². The molecule has 1 N–H and O–H groups in total. The summed E-state index contributed by atoms with van der Waals surface area (Å²) < 4.78 is 1.80. The first-order chi connectivity index (χ1) is 6.69. The summed E-state index contributed by atoms with van der Waals surface area (Å²) in [6.45, 7) is 4.92. The quantitative estimate of drug-likeness (QED) is 0.783. The summed E-state index contributed by atoms with van der Waals surface area (Å²) in [7, 11) is 0. The van der Waals surface area contributed by atoms with Gasteiger partial charge in [0.25, 0.3) is 0 Å². The van der Waals surface area contributed by atoms with Crippen LogP contribution < -0.4 is 0 Å². The van der Waals surface area contributed by atoms with Crippen LogP contribution >= 0.6 is 0 Å². The lowest BCUT2D eigenvalue weighted by Gasteiger charge is -2.03. The van der Waals surface area contributed by atoms with Crippen molar-refractivity contribution in [2.24, 2.45) is 0 Å². The highest BCUT2D eigenvalue weighted by atomic mass is 16.4. The summed E-state index contributed by atoms with van der Waals surface area (Å²) in [6.07, 6.45) is 2.95. The van der Waals surface area contributed by atoms with Gasteiger partial charge in [-0.15, -0.1) is 0 Å². The molecule has 0 atom stereocenters. The van der Waals surface area contributed by atoms with Crippen LogP contribution in [0.5, 0.6) is 0 Å². The third kappa shape index (κ3) is 2.34. The van der Waals surface area contributed by atoms with Gasteiger partial charge in [-0.05, 0) is 18.9 Å². The van der Waals surface area contributed by atoms with E-state index in [0.717, 1.165) is 31.5 Å². The molecule has 0 bridgehead atoms. The van der Waals surface area contributed by atoms with Gasteiger partial charge in [0, 0.05) is 12.2 Å². The highest BCUT2D eigenvalue weighted by Crippen LogP contribution is 2.07. The van der Waals surface area contributed by atoms with Crippen molar-refractivity contribution < 1.29 is 9.90 Å². The Morgan fingerprint density at radius 2 is 2.29 bits per heavy atom. The molecule has 0 saturated heterocycles. The number of carboxylic acid groups (broad SMARTS) is 1. The Morgan fingerprint density at radius 3 is 2.79 bits per heavy atom. The van der Waals surface area contributed by atoms with E-state index in [2.05, 4.69) is 12.0 Å². The van der Waals surface area contributed by atoms with E-state index in [1.54, 1.807) is 10.7 Å². The molecular formula is C10H16N2O2. The topological polar surface area (TPSA) is 55.1 Å². The Morgan fingerprint density at radius 1 is 1.57 bits per heavy atom. The van der Waals surface area contributed by atoms with E-state index in [9.17, 15) is 4.79 Å². The summed E-state index contributed by atoms with van der Waals surface area (Å²) in [6, 6.07) is 1.65. The zero-order chi connectivity index (χ0) is 10.6. The number of unbranched alkanes of at least 4 members (excludes halogenated alkanes) is 1. The average molecular weight is 196 g/mol. The molecule has 1 aromatic heterocycles. The monoisotopic (exact) mass is 196 g/mol. The maximum absolute atomic E-state index is 10.7. The van der Waals surface area contributed by atoms with Crippen LogP contribution in [0.3, 0.4) is 0 Å². The van der Waals surface area contributed by atoms with Crippen molar-refractivity contribution >= 4 is 5.97 Å². The van der Waals surface area contributed by atoms with Gasteiger partial charge < -0.3 is 5.11 Å². The van der Waals surface area contributed by atoms with Crippen molar-refractivity contribution in [1.82, 2.24) is 9.78 Å². The molecule has 14 heavy (non-hydrogen) atoms. The average Bonchev–Trinajstić information content (AvgIpc) is 2.57. The summed E-state index contributed by atoms with van der Waals surface area (Å²) >= 11 is 0. The predicted octanol–water partition coefficient (Wildman–Crippen LogP) is 1.94. The van der Waals surface area contributed by atoms with Crippen LogP contribution in [0.15, 0.2) is 6.07 Å². The van der Waals surface area contributed by atoms with Gasteiger partial charge in [-0.1, -0.05) is 20.3 Å². The van der Waals surface area contributed by atoms with Crippen molar-refractivity contribution in [2.45, 2.75) is 39.7 Å². The molecule has 0 unspecified atom stereocenters. The predicted molar refractivity (Wildman–Crippen MR) is 53.5 cm³/mol. The molecule has 4 nitrogen and oxygen atoms in total. The summed E-state index contributed by atoms with van der Waals surface area (Å²) in [4.78, 5) is 10.7. The number of carboxylic acids is 1. The molecule has 1 aromatic rings. The molecule has 0 amide bonds. The fourth-order valence-corrected chi connectivity index (χ4v) is 1.35. The Balaban J connectivity index is 2.85. The Hall–Kier alpha value is -1.32. The van der Waals surface area contributed by atoms with Crippen LogP contribution in [-0.4, -0.2) is 20.9 Å². The number of aromatic carboxylic acids is 1. The fourth-order valence-electron chi connectivity index (χ4n) is 1.35. The van der Waals surface area contributed by atoms with Crippen molar-refractivity contribution in [3.63, 3.8) is 0 Å². The molecule has 1 heterocycles. The van der Waals surface area contributed by atoms with Crippen LogP contribution in [0.25, 0.3) is 0 Å². The van der Waals surface area contributed by atoms with Gasteiger partial charge in [0.05, 0.1) is 0 Å². The van der Waals surface area contributed by atoms with E-state index >= 15 is 0 Å². The molecule has 78 valence electrons. The van der Waals surface area contributed by atoms with E-state index in [4.69, 9.17) is 5.11 Å². The molecule has 4 heteroatoms. The Bertz CT molecular complexity index is 318. The second kappa shape index (κ2) is 4.79. The lowest BCUT2D eigenvalue weighted by molar-refractivity contribution is 0.0689. The molecule has 0 aliphatic carbocycles. The van der Waals surface area contributed by atoms with Gasteiger partial charge in [-0.3, -0.25) is 4.68 Å². The maximum atomic E-state index is 10.7. The lowest BCUT2D eigenvalue weighted by atomic mass is 10.3. The standard InChI is InChI=1S/C10H16N2O2/c1-3-5-6-12-8(4-2)7-9(11-12)10(13)14/h7H,3-6H2,1-2H3,(H,13,14). The van der Waals surface area contributed by atoms with Gasteiger partial charge in [0.15, 0.2) is 5.69 Å². The molecular weight excluding hydrogens is 180 g/mol. The third-order valence-electron chi connectivity index (χ3n) is 2.17. The Kier molecular flexibility index (Phi) is 3.68. The summed E-state index contributed by atoms with van der Waals surface area (Å²) in [5.74, 6) is -0.949. The highest BCUT2D eigenvalue weighted by molar-refractivity contribution is 5.85. The number of rotatable bonds is 5. The van der Waals surface area contributed by atoms with Crippen molar-refractivity contribution in [3.05, 3.63) is 17.5 Å². The van der Waals surface area contributed by atoms with Gasteiger partial charge in [0.2, 0.25) is 0 Å². The number of hydrogen-bond acceptors (Lipinski definition) is 2. The smallest absolute Gasteiger partial charge is 0.356 e. The molecule has 0 aromatic carbocycles. The van der Waals surface area contributed by atoms with Crippen molar-refractivity contribution in [1.29, 1.82) is 0 Å². The van der Waals surface area contributed by atoms with Crippen LogP contribution in [0.2, 0.25) is 0 Å². The maximum Gasteiger partial charge on any atom is 0.356 e. The highest BCUT2D eigenvalue weighted by Gasteiger charge is 2.11. The largest absolute Gasteiger partial charge is 0.476 e. The fraction of sp³-hybridized carbons (Fsp3) is 0.600. The molecule has 0 fully saturated rings. The second-order valence-corrected chi connectivity index (χ2v) is 3.26. The molecule has 0 aliphatic rings. The van der Waals surface area contributed by atoms with E-state index in [-0.39, 0.29) is 5.69 Å². The number of aromatic nitrogens is 2. The van der Waals surface area contributed by atoms with Gasteiger partial charge in [0.1, 0.15) is 0 Å². The van der Waals surface area contributed by atoms with Crippen LogP contribution in [0.1, 0.15) is 42.9 Å². The van der Waals surface area contributed by atoms with E-state index < -0.39 is 5.97 Å². The molecule has 0 saturated carbocycles. The second-order valence-electron chi connectivity index (χ2n) is 3.26. The molecule has 0 aliphatic heterocycles. The summed E-state index contributed by atoms with van der Waals surface area (Å²) in [5, 5.41) is 12.8. The zero-order valence-electron chi connectivity index (χ0n) is 8.66. The first-order valence-corrected chi connectivity index (χ1v) is 4.99. The molecule has 0 radical (unpaired) electrons. The minimum absolute atomic E-state index is 0.151. The summed E-state index contributed by atoms with van der Waals surface area (Å²) in [5.41, 5.74) is 1.15. The van der Waals surface area contributed by atoms with E-state index in [1.807, 2.05) is 6.92 Å². The van der Waals surface area contributed by atoms with Crippen LogP contribution in [0.4, 0.5) is 0 Å². The first-order valence-electron chi connectivity index (χ1n) is 4.99. The molecule has 0 spiro atoms. The minimum Gasteiger partial charge on any atom is -0.476 e. The SMILES string of the molecule is CCCCn1nc(C(=O)O)cc1CC. The lowest BCUT2D eigenvalue weighted by Crippen LogP contribution is -2.05. The number of nitrogens with zero attached hydrogens (tertiary/aromatic N) is 2. The van der Waals surface area contributed by atoms with E-state index in [0.29, 0.717) is 0 Å². The van der Waals surface area contributed by atoms with Gasteiger partial charge in [-0.2, -0.15) is 5.10 Å². The third-order valence-corrected chi connectivity index (χ3v) is 2.17. The van der Waals surface area contributed by atoms with Crippen LogP contribution in [0, 0.1) is 0 Å². The van der Waals surface area contributed by atoms with Gasteiger partial charge >= 0.3 is 5.97 Å². The number of hydrogen-bond donors (Lipinski definition) is 1.